The lowest BCUT2D eigenvalue weighted by atomic mass is 10.1. The summed E-state index contributed by atoms with van der Waals surface area (Å²) in [6.07, 6.45) is 3.49. The Morgan fingerprint density at radius 1 is 1.25 bits per heavy atom. The van der Waals surface area contributed by atoms with E-state index in [1.54, 1.807) is 13.8 Å². The van der Waals surface area contributed by atoms with E-state index >= 15 is 0 Å². The number of carbonyl (C=O) groups excluding carboxylic acids is 1. The number of hydrogen-bond donors (Lipinski definition) is 0. The van der Waals surface area contributed by atoms with Crippen LogP contribution in [0.2, 0.25) is 0 Å². The minimum Gasteiger partial charge on any atom is -0.341 e. The monoisotopic (exact) mass is 189 g/mol. The second-order valence-electron chi connectivity index (χ2n) is 3.83. The van der Waals surface area contributed by atoms with Gasteiger partial charge in [0.25, 0.3) is 0 Å². The largest absolute Gasteiger partial charge is 0.341 e. The Labute approximate surface area is 78.9 Å². The lowest BCUT2D eigenvalue weighted by molar-refractivity contribution is -0.134. The maximum Gasteiger partial charge on any atom is 0.243 e. The third-order valence-corrected chi connectivity index (χ3v) is 2.31. The van der Waals surface area contributed by atoms with Crippen molar-refractivity contribution in [2.75, 3.05) is 13.1 Å². The van der Waals surface area contributed by atoms with E-state index < -0.39 is 4.87 Å². The fraction of sp³-hybridized carbons (Fsp3) is 0.889. The molecule has 1 rings (SSSR count). The van der Waals surface area contributed by atoms with Crippen molar-refractivity contribution in [2.24, 2.45) is 0 Å². The van der Waals surface area contributed by atoms with Crippen LogP contribution in [0.4, 0.5) is 0 Å². The van der Waals surface area contributed by atoms with Crippen molar-refractivity contribution >= 4 is 17.5 Å². The van der Waals surface area contributed by atoms with Crippen molar-refractivity contribution in [3.63, 3.8) is 0 Å². The summed E-state index contributed by atoms with van der Waals surface area (Å²) in [5.74, 6) is 0.0730. The van der Waals surface area contributed by atoms with Gasteiger partial charge in [0.1, 0.15) is 4.87 Å². The minimum absolute atomic E-state index is 0.0730. The molecule has 0 saturated carbocycles. The van der Waals surface area contributed by atoms with Gasteiger partial charge in [-0.3, -0.25) is 4.79 Å². The van der Waals surface area contributed by atoms with Crippen LogP contribution in [-0.2, 0) is 4.79 Å². The van der Waals surface area contributed by atoms with Gasteiger partial charge in [-0.2, -0.15) is 0 Å². The molecule has 3 heteroatoms. The number of halogens is 1. The Balaban J connectivity index is 2.51. The molecule has 0 N–H and O–H groups in total. The van der Waals surface area contributed by atoms with E-state index in [-0.39, 0.29) is 5.91 Å². The first-order valence-electron chi connectivity index (χ1n) is 4.50. The Morgan fingerprint density at radius 3 is 2.17 bits per heavy atom. The van der Waals surface area contributed by atoms with E-state index in [0.29, 0.717) is 0 Å². The van der Waals surface area contributed by atoms with E-state index in [9.17, 15) is 4.79 Å². The van der Waals surface area contributed by atoms with Crippen molar-refractivity contribution in [3.05, 3.63) is 0 Å². The van der Waals surface area contributed by atoms with Gasteiger partial charge in [0.2, 0.25) is 5.91 Å². The average Bonchev–Trinajstić information content (AvgIpc) is 2.03. The topological polar surface area (TPSA) is 20.3 Å². The highest BCUT2D eigenvalue weighted by molar-refractivity contribution is 6.34. The van der Waals surface area contributed by atoms with Gasteiger partial charge in [0, 0.05) is 13.1 Å². The Hall–Kier alpha value is -0.240. The van der Waals surface area contributed by atoms with Gasteiger partial charge in [-0.05, 0) is 33.1 Å². The van der Waals surface area contributed by atoms with E-state index in [0.717, 1.165) is 25.9 Å². The van der Waals surface area contributed by atoms with Gasteiger partial charge in [-0.25, -0.2) is 0 Å². The molecule has 1 amide bonds. The molecule has 0 unspecified atom stereocenters. The van der Waals surface area contributed by atoms with E-state index in [1.807, 2.05) is 4.90 Å². The van der Waals surface area contributed by atoms with Crippen LogP contribution in [0.5, 0.6) is 0 Å². The van der Waals surface area contributed by atoms with Crippen LogP contribution in [0.1, 0.15) is 33.1 Å². The highest BCUT2D eigenvalue weighted by Crippen LogP contribution is 2.19. The molecule has 1 aliphatic heterocycles. The maximum atomic E-state index is 11.6. The Bertz CT molecular complexity index is 168. The average molecular weight is 190 g/mol. The number of piperidine rings is 1. The third kappa shape index (κ3) is 2.37. The molecule has 0 aromatic heterocycles. The summed E-state index contributed by atoms with van der Waals surface area (Å²) in [6, 6.07) is 0. The predicted molar refractivity (Wildman–Crippen MR) is 50.4 cm³/mol. The number of likely N-dealkylation sites (tertiary alicyclic amines) is 1. The van der Waals surface area contributed by atoms with Crippen LogP contribution in [0.25, 0.3) is 0 Å². The molecular weight excluding hydrogens is 174 g/mol. The van der Waals surface area contributed by atoms with Gasteiger partial charge in [-0.15, -0.1) is 11.6 Å². The fourth-order valence-electron chi connectivity index (χ4n) is 1.47. The smallest absolute Gasteiger partial charge is 0.243 e. The molecule has 70 valence electrons. The van der Waals surface area contributed by atoms with Crippen molar-refractivity contribution in [3.8, 4) is 0 Å². The van der Waals surface area contributed by atoms with Crippen LogP contribution >= 0.6 is 11.6 Å². The standard InChI is InChI=1S/C9H16ClNO/c1-9(2,10)8(12)11-6-4-3-5-7-11/h3-7H2,1-2H3. The molecule has 1 heterocycles. The predicted octanol–water partition coefficient (Wildman–Crippen LogP) is 2.02. The first-order valence-corrected chi connectivity index (χ1v) is 4.88. The zero-order valence-electron chi connectivity index (χ0n) is 7.77. The highest BCUT2D eigenvalue weighted by Gasteiger charge is 2.29. The van der Waals surface area contributed by atoms with E-state index in [1.165, 1.54) is 6.42 Å². The molecule has 0 aromatic rings. The van der Waals surface area contributed by atoms with Gasteiger partial charge in [0.05, 0.1) is 0 Å². The molecule has 2 nitrogen and oxygen atoms in total. The van der Waals surface area contributed by atoms with Crippen LogP contribution in [-0.4, -0.2) is 28.8 Å². The van der Waals surface area contributed by atoms with Crippen molar-refractivity contribution in [1.29, 1.82) is 0 Å². The SMILES string of the molecule is CC(C)(Cl)C(=O)N1CCCCC1. The highest BCUT2D eigenvalue weighted by atomic mass is 35.5. The van der Waals surface area contributed by atoms with Crippen molar-refractivity contribution < 1.29 is 4.79 Å². The number of rotatable bonds is 1. The number of hydrogen-bond acceptors (Lipinski definition) is 1. The van der Waals surface area contributed by atoms with Crippen molar-refractivity contribution in [1.82, 2.24) is 4.90 Å². The summed E-state index contributed by atoms with van der Waals surface area (Å²) in [6.45, 7) is 5.28. The third-order valence-electron chi connectivity index (χ3n) is 2.15. The van der Waals surface area contributed by atoms with Crippen LogP contribution in [0.3, 0.4) is 0 Å². The minimum atomic E-state index is -0.725. The molecule has 0 aliphatic carbocycles. The second-order valence-corrected chi connectivity index (χ2v) is 4.77. The van der Waals surface area contributed by atoms with Gasteiger partial charge in [0.15, 0.2) is 0 Å². The summed E-state index contributed by atoms with van der Waals surface area (Å²) in [4.78, 5) is 12.8. The lowest BCUT2D eigenvalue weighted by Crippen LogP contribution is -2.44. The molecule has 0 spiro atoms. The summed E-state index contributed by atoms with van der Waals surface area (Å²) >= 11 is 5.93. The van der Waals surface area contributed by atoms with Gasteiger partial charge in [-0.1, -0.05) is 0 Å². The number of amides is 1. The van der Waals surface area contributed by atoms with Gasteiger partial charge < -0.3 is 4.90 Å². The number of alkyl halides is 1. The van der Waals surface area contributed by atoms with E-state index in [4.69, 9.17) is 11.6 Å². The Morgan fingerprint density at radius 2 is 1.75 bits per heavy atom. The molecule has 0 radical (unpaired) electrons. The normalized spacial score (nSPS) is 19.4. The Kier molecular flexibility index (Phi) is 2.99. The maximum absolute atomic E-state index is 11.6. The molecule has 0 bridgehead atoms. The molecule has 1 saturated heterocycles. The van der Waals surface area contributed by atoms with Crippen LogP contribution < -0.4 is 0 Å². The quantitative estimate of drug-likeness (QED) is 0.578. The van der Waals surface area contributed by atoms with E-state index in [2.05, 4.69) is 0 Å². The number of nitrogens with zero attached hydrogens (tertiary/aromatic N) is 1. The molecular formula is C9H16ClNO. The second kappa shape index (κ2) is 3.65. The fourth-order valence-corrected chi connectivity index (χ4v) is 1.59. The molecule has 1 aliphatic rings. The lowest BCUT2D eigenvalue weighted by Gasteiger charge is -2.31. The molecule has 0 aromatic carbocycles. The van der Waals surface area contributed by atoms with Crippen LogP contribution in [0.15, 0.2) is 0 Å². The summed E-state index contributed by atoms with van der Waals surface area (Å²) < 4.78 is 0. The zero-order valence-corrected chi connectivity index (χ0v) is 8.52. The summed E-state index contributed by atoms with van der Waals surface area (Å²) in [5.41, 5.74) is 0. The molecule has 12 heavy (non-hydrogen) atoms. The zero-order chi connectivity index (χ0) is 9.19. The van der Waals surface area contributed by atoms with Crippen LogP contribution in [0, 0.1) is 0 Å². The van der Waals surface area contributed by atoms with Crippen molar-refractivity contribution in [2.45, 2.75) is 38.0 Å². The first-order chi connectivity index (χ1) is 5.52. The first kappa shape index (κ1) is 9.85. The molecule has 0 atom stereocenters. The molecule has 1 fully saturated rings. The summed E-state index contributed by atoms with van der Waals surface area (Å²) in [7, 11) is 0. The van der Waals surface area contributed by atoms with Gasteiger partial charge >= 0.3 is 0 Å². The summed E-state index contributed by atoms with van der Waals surface area (Å²) in [5, 5.41) is 0. The number of carbonyl (C=O) groups is 1.